The topological polar surface area (TPSA) is 55.4 Å². The lowest BCUT2D eigenvalue weighted by Crippen LogP contribution is -2.15. The molecule has 5 heteroatoms. The molecule has 0 radical (unpaired) electrons. The number of allylic oxidation sites excluding steroid dienone is 2. The SMILES string of the molecule is COC(=O)c1cccc(NC2=CCCCC2=O)c1Cl. The monoisotopic (exact) mass is 279 g/mol. The molecule has 0 aliphatic heterocycles. The average molecular weight is 280 g/mol. The van der Waals surface area contributed by atoms with E-state index in [1.165, 1.54) is 7.11 Å². The van der Waals surface area contributed by atoms with Gasteiger partial charge in [0.15, 0.2) is 5.78 Å². The van der Waals surface area contributed by atoms with Crippen LogP contribution in [0, 0.1) is 0 Å². The summed E-state index contributed by atoms with van der Waals surface area (Å²) in [5, 5.41) is 3.25. The number of hydrogen-bond acceptors (Lipinski definition) is 4. The van der Waals surface area contributed by atoms with Crippen LogP contribution in [0.4, 0.5) is 5.69 Å². The highest BCUT2D eigenvalue weighted by atomic mass is 35.5. The molecule has 1 aliphatic carbocycles. The van der Waals surface area contributed by atoms with Gasteiger partial charge in [0.2, 0.25) is 0 Å². The number of carbonyl (C=O) groups excluding carboxylic acids is 2. The minimum atomic E-state index is -0.502. The van der Waals surface area contributed by atoms with Gasteiger partial charge in [-0.2, -0.15) is 0 Å². The van der Waals surface area contributed by atoms with E-state index in [4.69, 9.17) is 11.6 Å². The van der Waals surface area contributed by atoms with E-state index in [0.717, 1.165) is 12.8 Å². The number of nitrogens with one attached hydrogen (secondary N) is 1. The highest BCUT2D eigenvalue weighted by Crippen LogP contribution is 2.28. The highest BCUT2D eigenvalue weighted by Gasteiger charge is 2.17. The number of esters is 1. The van der Waals surface area contributed by atoms with Crippen LogP contribution in [0.5, 0.6) is 0 Å². The number of ether oxygens (including phenoxy) is 1. The number of benzene rings is 1. The second-order valence-electron chi connectivity index (χ2n) is 4.22. The van der Waals surface area contributed by atoms with E-state index in [-0.39, 0.29) is 16.4 Å². The summed E-state index contributed by atoms with van der Waals surface area (Å²) in [7, 11) is 1.30. The van der Waals surface area contributed by atoms with Crippen LogP contribution in [-0.2, 0) is 9.53 Å². The van der Waals surface area contributed by atoms with Gasteiger partial charge in [0, 0.05) is 6.42 Å². The van der Waals surface area contributed by atoms with Crippen molar-refractivity contribution in [3.8, 4) is 0 Å². The molecule has 0 unspecified atom stereocenters. The van der Waals surface area contributed by atoms with Crippen LogP contribution in [0.3, 0.4) is 0 Å². The highest BCUT2D eigenvalue weighted by molar-refractivity contribution is 6.36. The molecule has 1 aliphatic rings. The Bertz CT molecular complexity index is 552. The Labute approximate surface area is 116 Å². The molecular formula is C14H14ClNO3. The molecule has 0 atom stereocenters. The molecule has 1 aromatic carbocycles. The molecule has 0 spiro atoms. The minimum Gasteiger partial charge on any atom is -0.465 e. The molecule has 4 nitrogen and oxygen atoms in total. The van der Waals surface area contributed by atoms with Crippen LogP contribution in [0.2, 0.25) is 5.02 Å². The van der Waals surface area contributed by atoms with E-state index in [2.05, 4.69) is 10.1 Å². The molecule has 0 bridgehead atoms. The molecular weight excluding hydrogens is 266 g/mol. The molecule has 0 heterocycles. The molecule has 0 fully saturated rings. The van der Waals surface area contributed by atoms with Crippen molar-refractivity contribution in [2.75, 3.05) is 12.4 Å². The van der Waals surface area contributed by atoms with Crippen molar-refractivity contribution in [2.45, 2.75) is 19.3 Å². The molecule has 1 N–H and O–H groups in total. The Morgan fingerprint density at radius 1 is 1.42 bits per heavy atom. The minimum absolute atomic E-state index is 0.0609. The van der Waals surface area contributed by atoms with Crippen molar-refractivity contribution in [3.05, 3.63) is 40.6 Å². The molecule has 19 heavy (non-hydrogen) atoms. The van der Waals surface area contributed by atoms with Gasteiger partial charge < -0.3 is 10.1 Å². The zero-order chi connectivity index (χ0) is 13.8. The Morgan fingerprint density at radius 2 is 2.21 bits per heavy atom. The number of hydrogen-bond donors (Lipinski definition) is 1. The van der Waals surface area contributed by atoms with Crippen molar-refractivity contribution in [1.29, 1.82) is 0 Å². The largest absolute Gasteiger partial charge is 0.465 e. The third-order valence-corrected chi connectivity index (χ3v) is 3.34. The first-order valence-electron chi connectivity index (χ1n) is 6.00. The average Bonchev–Trinajstić information content (AvgIpc) is 2.42. The van der Waals surface area contributed by atoms with E-state index >= 15 is 0 Å². The lowest BCUT2D eigenvalue weighted by molar-refractivity contribution is -0.115. The summed E-state index contributed by atoms with van der Waals surface area (Å²) in [5.74, 6) is -0.441. The van der Waals surface area contributed by atoms with E-state index in [9.17, 15) is 9.59 Å². The quantitative estimate of drug-likeness (QED) is 0.864. The van der Waals surface area contributed by atoms with Gasteiger partial charge in [-0.3, -0.25) is 4.79 Å². The summed E-state index contributed by atoms with van der Waals surface area (Å²) in [6, 6.07) is 4.99. The van der Waals surface area contributed by atoms with Crippen LogP contribution < -0.4 is 5.32 Å². The van der Waals surface area contributed by atoms with Gasteiger partial charge in [-0.25, -0.2) is 4.79 Å². The Balaban J connectivity index is 2.28. The fourth-order valence-electron chi connectivity index (χ4n) is 1.92. The van der Waals surface area contributed by atoms with Gasteiger partial charge in [-0.15, -0.1) is 0 Å². The summed E-state index contributed by atoms with van der Waals surface area (Å²) in [6.45, 7) is 0. The van der Waals surface area contributed by atoms with E-state index in [1.807, 2.05) is 6.08 Å². The van der Waals surface area contributed by atoms with Crippen LogP contribution in [0.15, 0.2) is 30.0 Å². The summed E-state index contributed by atoms with van der Waals surface area (Å²) >= 11 is 6.15. The van der Waals surface area contributed by atoms with Crippen LogP contribution in [0.25, 0.3) is 0 Å². The number of carbonyl (C=O) groups is 2. The van der Waals surface area contributed by atoms with Crippen molar-refractivity contribution in [3.63, 3.8) is 0 Å². The van der Waals surface area contributed by atoms with Crippen LogP contribution >= 0.6 is 11.6 Å². The fourth-order valence-corrected chi connectivity index (χ4v) is 2.17. The molecule has 100 valence electrons. The van der Waals surface area contributed by atoms with Crippen molar-refractivity contribution in [2.24, 2.45) is 0 Å². The predicted molar refractivity (Wildman–Crippen MR) is 73.4 cm³/mol. The van der Waals surface area contributed by atoms with Gasteiger partial charge in [0.25, 0.3) is 0 Å². The molecule has 2 rings (SSSR count). The number of anilines is 1. The Morgan fingerprint density at radius 3 is 2.89 bits per heavy atom. The third kappa shape index (κ3) is 2.96. The summed E-state index contributed by atoms with van der Waals surface area (Å²) in [4.78, 5) is 23.2. The van der Waals surface area contributed by atoms with Crippen LogP contribution in [-0.4, -0.2) is 18.9 Å². The zero-order valence-electron chi connectivity index (χ0n) is 10.5. The standard InChI is InChI=1S/C14H14ClNO3/c1-19-14(18)9-5-4-7-11(13(9)15)16-10-6-2-3-8-12(10)17/h4-7,16H,2-3,8H2,1H3. The van der Waals surface area contributed by atoms with E-state index in [0.29, 0.717) is 17.8 Å². The summed E-state index contributed by atoms with van der Waals surface area (Å²) in [6.07, 6.45) is 4.13. The predicted octanol–water partition coefficient (Wildman–Crippen LogP) is 3.18. The van der Waals surface area contributed by atoms with Crippen molar-refractivity contribution >= 4 is 29.0 Å². The number of methoxy groups -OCH3 is 1. The molecule has 0 aromatic heterocycles. The summed E-state index contributed by atoms with van der Waals surface area (Å²) in [5.41, 5.74) is 1.35. The van der Waals surface area contributed by atoms with Gasteiger partial charge >= 0.3 is 5.97 Å². The Hall–Kier alpha value is -1.81. The van der Waals surface area contributed by atoms with Gasteiger partial charge in [-0.05, 0) is 25.0 Å². The number of ketones is 1. The number of rotatable bonds is 3. The van der Waals surface area contributed by atoms with Gasteiger partial charge in [-0.1, -0.05) is 23.7 Å². The number of halogens is 1. The van der Waals surface area contributed by atoms with E-state index < -0.39 is 5.97 Å². The lowest BCUT2D eigenvalue weighted by atomic mass is 10.0. The maximum atomic E-state index is 11.7. The fraction of sp³-hybridized carbons (Fsp3) is 0.286. The molecule has 0 saturated heterocycles. The molecule has 0 saturated carbocycles. The van der Waals surface area contributed by atoms with Gasteiger partial charge in [0.1, 0.15) is 0 Å². The normalized spacial score (nSPS) is 14.8. The van der Waals surface area contributed by atoms with Crippen LogP contribution in [0.1, 0.15) is 29.6 Å². The van der Waals surface area contributed by atoms with Crippen molar-refractivity contribution < 1.29 is 14.3 Å². The lowest BCUT2D eigenvalue weighted by Gasteiger charge is -2.15. The van der Waals surface area contributed by atoms with E-state index in [1.54, 1.807) is 18.2 Å². The molecule has 1 aromatic rings. The smallest absolute Gasteiger partial charge is 0.339 e. The second kappa shape index (κ2) is 5.89. The first-order chi connectivity index (χ1) is 9.13. The van der Waals surface area contributed by atoms with Crippen molar-refractivity contribution in [1.82, 2.24) is 0 Å². The number of Topliss-reactive ketones (excluding diaryl/α,β-unsaturated/α-hetero) is 1. The van der Waals surface area contributed by atoms with Gasteiger partial charge in [0.05, 0.1) is 29.1 Å². The first-order valence-corrected chi connectivity index (χ1v) is 6.38. The maximum absolute atomic E-state index is 11.7. The Kier molecular flexibility index (Phi) is 4.22. The maximum Gasteiger partial charge on any atom is 0.339 e. The zero-order valence-corrected chi connectivity index (χ0v) is 11.3. The second-order valence-corrected chi connectivity index (χ2v) is 4.59. The first kappa shape index (κ1) is 13.6. The third-order valence-electron chi connectivity index (χ3n) is 2.93. The summed E-state index contributed by atoms with van der Waals surface area (Å²) < 4.78 is 4.65. The molecule has 0 amide bonds.